The molecule has 18 heavy (non-hydrogen) atoms. The number of hydrogen-bond acceptors (Lipinski definition) is 4. The van der Waals surface area contributed by atoms with Gasteiger partial charge in [0.1, 0.15) is 10.8 Å². The summed E-state index contributed by atoms with van der Waals surface area (Å²) < 4.78 is 14.0. The van der Waals surface area contributed by atoms with Crippen LogP contribution in [-0.2, 0) is 0 Å². The standard InChI is InChI=1S/C13H15FN2S2/c1-7(15)12-8(2)16-13(18-12)11-9(14)5-4-6-10(11)17-3/h4-7H,15H2,1-3H3. The van der Waals surface area contributed by atoms with Crippen molar-refractivity contribution >= 4 is 23.1 Å². The highest BCUT2D eigenvalue weighted by atomic mass is 32.2. The molecule has 1 unspecified atom stereocenters. The number of aryl methyl sites for hydroxylation is 1. The molecule has 0 aliphatic rings. The molecule has 1 heterocycles. The van der Waals surface area contributed by atoms with Gasteiger partial charge < -0.3 is 5.73 Å². The van der Waals surface area contributed by atoms with Gasteiger partial charge >= 0.3 is 0 Å². The molecule has 0 amide bonds. The quantitative estimate of drug-likeness (QED) is 0.865. The van der Waals surface area contributed by atoms with Crippen molar-refractivity contribution in [2.24, 2.45) is 5.73 Å². The molecule has 0 saturated heterocycles. The third kappa shape index (κ3) is 2.43. The molecule has 0 spiro atoms. The Hall–Kier alpha value is -0.910. The van der Waals surface area contributed by atoms with Crippen LogP contribution in [0.1, 0.15) is 23.5 Å². The smallest absolute Gasteiger partial charge is 0.134 e. The summed E-state index contributed by atoms with van der Waals surface area (Å²) in [6.45, 7) is 3.83. The van der Waals surface area contributed by atoms with E-state index in [1.165, 1.54) is 29.2 Å². The highest BCUT2D eigenvalue weighted by molar-refractivity contribution is 7.98. The number of aromatic nitrogens is 1. The minimum atomic E-state index is -0.230. The third-order valence-electron chi connectivity index (χ3n) is 2.66. The summed E-state index contributed by atoms with van der Waals surface area (Å²) >= 11 is 3.00. The van der Waals surface area contributed by atoms with Crippen LogP contribution in [0.3, 0.4) is 0 Å². The van der Waals surface area contributed by atoms with Crippen molar-refractivity contribution < 1.29 is 4.39 Å². The van der Waals surface area contributed by atoms with Crippen LogP contribution in [0.15, 0.2) is 23.1 Å². The molecule has 5 heteroatoms. The van der Waals surface area contributed by atoms with Crippen LogP contribution < -0.4 is 5.73 Å². The van der Waals surface area contributed by atoms with Crippen molar-refractivity contribution in [3.63, 3.8) is 0 Å². The summed E-state index contributed by atoms with van der Waals surface area (Å²) in [5, 5.41) is 0.710. The van der Waals surface area contributed by atoms with Crippen LogP contribution in [-0.4, -0.2) is 11.2 Å². The Kier molecular flexibility index (Phi) is 4.04. The minimum absolute atomic E-state index is 0.0687. The molecule has 0 radical (unpaired) electrons. The van der Waals surface area contributed by atoms with Crippen molar-refractivity contribution in [3.8, 4) is 10.6 Å². The topological polar surface area (TPSA) is 38.9 Å². The molecule has 2 N–H and O–H groups in total. The predicted octanol–water partition coefficient (Wildman–Crippen LogP) is 4.00. The fourth-order valence-corrected chi connectivity index (χ4v) is 3.58. The van der Waals surface area contributed by atoms with Crippen LogP contribution in [0, 0.1) is 12.7 Å². The first-order valence-electron chi connectivity index (χ1n) is 5.60. The highest BCUT2D eigenvalue weighted by Gasteiger charge is 2.17. The molecule has 0 aliphatic carbocycles. The molecule has 2 rings (SSSR count). The van der Waals surface area contributed by atoms with E-state index in [2.05, 4.69) is 4.98 Å². The van der Waals surface area contributed by atoms with Gasteiger partial charge in [0, 0.05) is 15.8 Å². The van der Waals surface area contributed by atoms with Gasteiger partial charge in [-0.15, -0.1) is 23.1 Å². The van der Waals surface area contributed by atoms with E-state index in [0.717, 1.165) is 15.5 Å². The first kappa shape index (κ1) is 13.5. The summed E-state index contributed by atoms with van der Waals surface area (Å²) in [6, 6.07) is 5.03. The van der Waals surface area contributed by atoms with Gasteiger partial charge in [-0.1, -0.05) is 6.07 Å². The van der Waals surface area contributed by atoms with Gasteiger partial charge in [-0.3, -0.25) is 0 Å². The second kappa shape index (κ2) is 5.38. The Bertz CT molecular complexity index is 564. The van der Waals surface area contributed by atoms with E-state index in [-0.39, 0.29) is 11.9 Å². The van der Waals surface area contributed by atoms with E-state index in [1.54, 1.807) is 6.07 Å². The second-order valence-corrected chi connectivity index (χ2v) is 5.95. The zero-order chi connectivity index (χ0) is 13.3. The number of nitrogens with zero attached hydrogens (tertiary/aromatic N) is 1. The SMILES string of the molecule is CSc1cccc(F)c1-c1nc(C)c(C(C)N)s1. The average molecular weight is 282 g/mol. The van der Waals surface area contributed by atoms with Gasteiger partial charge in [-0.05, 0) is 32.2 Å². The Labute approximate surface area is 114 Å². The van der Waals surface area contributed by atoms with E-state index < -0.39 is 0 Å². The van der Waals surface area contributed by atoms with E-state index in [1.807, 2.05) is 26.2 Å². The Morgan fingerprint density at radius 3 is 2.72 bits per heavy atom. The van der Waals surface area contributed by atoms with Crippen LogP contribution in [0.2, 0.25) is 0 Å². The monoisotopic (exact) mass is 282 g/mol. The first-order chi connectivity index (χ1) is 8.54. The number of benzene rings is 1. The maximum absolute atomic E-state index is 14.0. The lowest BCUT2D eigenvalue weighted by Gasteiger charge is -2.05. The molecular weight excluding hydrogens is 267 g/mol. The third-order valence-corrected chi connectivity index (χ3v) is 4.81. The Morgan fingerprint density at radius 1 is 1.44 bits per heavy atom. The van der Waals surface area contributed by atoms with E-state index in [4.69, 9.17) is 5.73 Å². The zero-order valence-electron chi connectivity index (χ0n) is 10.5. The van der Waals surface area contributed by atoms with Gasteiger partial charge in [0.05, 0.1) is 11.3 Å². The van der Waals surface area contributed by atoms with Crippen molar-refractivity contribution in [2.45, 2.75) is 24.8 Å². The lowest BCUT2D eigenvalue weighted by atomic mass is 10.2. The van der Waals surface area contributed by atoms with Gasteiger partial charge in [-0.25, -0.2) is 9.37 Å². The number of thiazole rings is 1. The summed E-state index contributed by atoms with van der Waals surface area (Å²) in [5.41, 5.74) is 7.36. The molecule has 2 aromatic rings. The molecule has 0 bridgehead atoms. The van der Waals surface area contributed by atoms with Crippen molar-refractivity contribution in [1.29, 1.82) is 0 Å². The molecule has 2 nitrogen and oxygen atoms in total. The fourth-order valence-electron chi connectivity index (χ4n) is 1.82. The lowest BCUT2D eigenvalue weighted by Crippen LogP contribution is -2.03. The van der Waals surface area contributed by atoms with Gasteiger partial charge in [-0.2, -0.15) is 0 Å². The summed E-state index contributed by atoms with van der Waals surface area (Å²) in [5.74, 6) is -0.230. The normalized spacial score (nSPS) is 12.7. The maximum Gasteiger partial charge on any atom is 0.134 e. The number of nitrogens with two attached hydrogens (primary N) is 1. The molecule has 1 aromatic heterocycles. The molecule has 1 atom stereocenters. The summed E-state index contributed by atoms with van der Waals surface area (Å²) in [4.78, 5) is 6.37. The molecule has 96 valence electrons. The van der Waals surface area contributed by atoms with E-state index in [9.17, 15) is 4.39 Å². The average Bonchev–Trinajstić information content (AvgIpc) is 2.70. The number of thioether (sulfide) groups is 1. The van der Waals surface area contributed by atoms with Gasteiger partial charge in [0.25, 0.3) is 0 Å². The molecule has 0 aliphatic heterocycles. The molecular formula is C13H15FN2S2. The van der Waals surface area contributed by atoms with Gasteiger partial charge in [0.2, 0.25) is 0 Å². The van der Waals surface area contributed by atoms with Crippen molar-refractivity contribution in [3.05, 3.63) is 34.6 Å². The molecule has 0 fully saturated rings. The Balaban J connectivity index is 2.59. The van der Waals surface area contributed by atoms with Gasteiger partial charge in [0.15, 0.2) is 0 Å². The number of hydrogen-bond donors (Lipinski definition) is 1. The molecule has 1 aromatic carbocycles. The zero-order valence-corrected chi connectivity index (χ0v) is 12.2. The minimum Gasteiger partial charge on any atom is -0.323 e. The van der Waals surface area contributed by atoms with E-state index in [0.29, 0.717) is 10.6 Å². The van der Waals surface area contributed by atoms with Crippen molar-refractivity contribution in [1.82, 2.24) is 4.98 Å². The Morgan fingerprint density at radius 2 is 2.17 bits per heavy atom. The van der Waals surface area contributed by atoms with Crippen LogP contribution in [0.25, 0.3) is 10.6 Å². The fraction of sp³-hybridized carbons (Fsp3) is 0.308. The van der Waals surface area contributed by atoms with Crippen LogP contribution in [0.5, 0.6) is 0 Å². The molecule has 0 saturated carbocycles. The van der Waals surface area contributed by atoms with Crippen molar-refractivity contribution in [2.75, 3.05) is 6.26 Å². The summed E-state index contributed by atoms with van der Waals surface area (Å²) in [7, 11) is 0. The van der Waals surface area contributed by atoms with Crippen LogP contribution >= 0.6 is 23.1 Å². The summed E-state index contributed by atoms with van der Waals surface area (Å²) in [6.07, 6.45) is 1.94. The maximum atomic E-state index is 14.0. The van der Waals surface area contributed by atoms with E-state index >= 15 is 0 Å². The van der Waals surface area contributed by atoms with Crippen LogP contribution in [0.4, 0.5) is 4.39 Å². The highest BCUT2D eigenvalue weighted by Crippen LogP contribution is 2.37. The predicted molar refractivity (Wildman–Crippen MR) is 76.6 cm³/mol. The second-order valence-electron chi connectivity index (χ2n) is 4.07. The lowest BCUT2D eigenvalue weighted by molar-refractivity contribution is 0.628. The number of halogens is 1. The largest absolute Gasteiger partial charge is 0.323 e. The first-order valence-corrected chi connectivity index (χ1v) is 7.64. The number of rotatable bonds is 3.